The first kappa shape index (κ1) is 21.7. The minimum atomic E-state index is 0. The van der Waals surface area contributed by atoms with E-state index in [1.54, 1.807) is 22.3 Å². The molecule has 0 fully saturated rings. The van der Waals surface area contributed by atoms with Crippen molar-refractivity contribution in [1.29, 1.82) is 0 Å². The van der Waals surface area contributed by atoms with Crippen LogP contribution in [0.15, 0.2) is 47.5 Å². The Labute approximate surface area is 192 Å². The molecule has 0 saturated carbocycles. The Morgan fingerprint density at radius 3 is 1.54 bits per heavy atom. The molecule has 28 heavy (non-hydrogen) atoms. The van der Waals surface area contributed by atoms with Gasteiger partial charge in [0.1, 0.15) is 0 Å². The van der Waals surface area contributed by atoms with E-state index >= 15 is 0 Å². The van der Waals surface area contributed by atoms with Gasteiger partial charge in [0.05, 0.1) is 0 Å². The molecule has 2 aliphatic rings. The molecule has 1 radical (unpaired) electrons. The van der Waals surface area contributed by atoms with Crippen molar-refractivity contribution >= 4 is 21.7 Å². The Morgan fingerprint density at radius 1 is 0.714 bits per heavy atom. The van der Waals surface area contributed by atoms with Gasteiger partial charge in [-0.2, -0.15) is 0 Å². The van der Waals surface area contributed by atoms with Crippen molar-refractivity contribution in [3.63, 3.8) is 0 Å². The summed E-state index contributed by atoms with van der Waals surface area (Å²) in [5.74, 6) is 1.32. The Morgan fingerprint density at radius 2 is 1.14 bits per heavy atom. The number of allylic oxidation sites excluding steroid dienone is 2. The van der Waals surface area contributed by atoms with Crippen molar-refractivity contribution < 1.29 is 26.2 Å². The van der Waals surface area contributed by atoms with Crippen molar-refractivity contribution in [2.45, 2.75) is 64.5 Å². The molecule has 2 aromatic rings. The first-order chi connectivity index (χ1) is 13.1. The van der Waals surface area contributed by atoms with Crippen molar-refractivity contribution in [2.24, 2.45) is 0 Å². The van der Waals surface area contributed by atoms with E-state index in [-0.39, 0.29) is 26.2 Å². The Balaban J connectivity index is 0.00000225. The van der Waals surface area contributed by atoms with E-state index in [1.165, 1.54) is 34.3 Å². The maximum Gasteiger partial charge on any atom is 0.0299 e. The molecule has 0 bridgehead atoms. The predicted octanol–water partition coefficient (Wildman–Crippen LogP) is 6.78. The quantitative estimate of drug-likeness (QED) is 0.415. The van der Waals surface area contributed by atoms with Crippen LogP contribution in [0.3, 0.4) is 0 Å². The van der Waals surface area contributed by atoms with Gasteiger partial charge in [-0.05, 0) is 60.1 Å². The van der Waals surface area contributed by atoms with Crippen molar-refractivity contribution in [2.75, 3.05) is 0 Å². The van der Waals surface area contributed by atoms with Crippen LogP contribution in [0.4, 0.5) is 0 Å². The zero-order chi connectivity index (χ0) is 19.0. The third-order valence-electron chi connectivity index (χ3n) is 6.62. The molecule has 2 aliphatic carbocycles. The summed E-state index contributed by atoms with van der Waals surface area (Å²) < 4.78 is 0. The summed E-state index contributed by atoms with van der Waals surface area (Å²) in [6, 6.07) is 16.6. The summed E-state index contributed by atoms with van der Waals surface area (Å²) in [6.07, 6.45) is 7.19. The first-order valence-corrected chi connectivity index (χ1v) is 12.2. The molecule has 0 spiro atoms. The molecule has 2 aromatic carbocycles. The average Bonchev–Trinajstić information content (AvgIpc) is 3.18. The van der Waals surface area contributed by atoms with Crippen molar-refractivity contribution in [3.8, 4) is 0 Å². The average molecular weight is 463 g/mol. The molecule has 0 N–H and O–H groups in total. The fourth-order valence-electron chi connectivity index (χ4n) is 5.04. The van der Waals surface area contributed by atoms with E-state index in [4.69, 9.17) is 0 Å². The number of aryl methyl sites for hydroxylation is 2. The molecule has 0 aliphatic heterocycles. The Bertz CT molecular complexity index is 847. The van der Waals surface area contributed by atoms with Crippen LogP contribution >= 0.6 is 0 Å². The normalized spacial score (nSPS) is 19.6. The van der Waals surface area contributed by atoms with Crippen LogP contribution in [0.25, 0.3) is 12.2 Å². The SMILES string of the molecule is CCc1cccc2c1C=C(C)C2C[SiH]CC1C(C)=Cc2c(CC)cccc21.[Zr]. The van der Waals surface area contributed by atoms with Crippen LogP contribution in [0.1, 0.15) is 72.9 Å². The summed E-state index contributed by atoms with van der Waals surface area (Å²) in [6.45, 7) is 9.23. The fraction of sp³-hybridized carbons (Fsp3) is 0.385. The molecule has 0 aromatic heterocycles. The standard InChI is InChI=1S/C26H31Si.Zr/c1-5-19-9-7-11-21-23(19)13-17(3)25(21)15-27-16-26-18(4)14-24-20(6-2)10-8-12-22(24)26;/h7-14,25-27H,5-6,15-16H2,1-4H3;. The van der Waals surface area contributed by atoms with Gasteiger partial charge in [-0.1, -0.05) is 85.6 Å². The van der Waals surface area contributed by atoms with E-state index in [9.17, 15) is 0 Å². The Hall–Kier alpha value is -0.980. The van der Waals surface area contributed by atoms with Crippen LogP contribution < -0.4 is 0 Å². The second-order valence-electron chi connectivity index (χ2n) is 8.19. The molecule has 143 valence electrons. The number of fused-ring (bicyclic) bond motifs is 2. The first-order valence-electron chi connectivity index (χ1n) is 10.6. The largest absolute Gasteiger partial charge is 0.0655 e. The molecule has 0 saturated heterocycles. The third-order valence-corrected chi connectivity index (χ3v) is 8.23. The van der Waals surface area contributed by atoms with Gasteiger partial charge in [-0.25, -0.2) is 0 Å². The molecule has 2 atom stereocenters. The van der Waals surface area contributed by atoms with Gasteiger partial charge < -0.3 is 0 Å². The zero-order valence-corrected chi connectivity index (χ0v) is 21.3. The van der Waals surface area contributed by atoms with E-state index in [0.717, 1.165) is 12.8 Å². The van der Waals surface area contributed by atoms with Crippen LogP contribution in [-0.4, -0.2) is 9.52 Å². The summed E-state index contributed by atoms with van der Waals surface area (Å²) in [7, 11) is 0.450. The molecule has 0 nitrogen and oxygen atoms in total. The molecule has 0 heterocycles. The van der Waals surface area contributed by atoms with Gasteiger partial charge in [0.15, 0.2) is 0 Å². The number of hydrogen-bond acceptors (Lipinski definition) is 0. The second-order valence-corrected chi connectivity index (χ2v) is 9.71. The molecule has 2 heteroatoms. The van der Waals surface area contributed by atoms with Crippen LogP contribution in [0.2, 0.25) is 12.1 Å². The maximum absolute atomic E-state index is 2.46. The number of benzene rings is 2. The van der Waals surface area contributed by atoms with Gasteiger partial charge in [0, 0.05) is 47.6 Å². The fourth-order valence-corrected chi connectivity index (χ4v) is 7.16. The van der Waals surface area contributed by atoms with Crippen LogP contribution in [0, 0.1) is 0 Å². The maximum atomic E-state index is 2.46. The summed E-state index contributed by atoms with van der Waals surface area (Å²) in [5.41, 5.74) is 12.4. The second kappa shape index (κ2) is 9.23. The monoisotopic (exact) mass is 461 g/mol. The molecule has 0 amide bonds. The summed E-state index contributed by atoms with van der Waals surface area (Å²) in [4.78, 5) is 0. The van der Waals surface area contributed by atoms with Crippen molar-refractivity contribution in [1.82, 2.24) is 0 Å². The van der Waals surface area contributed by atoms with Gasteiger partial charge in [-0.3, -0.25) is 0 Å². The van der Waals surface area contributed by atoms with E-state index < -0.39 is 0 Å². The van der Waals surface area contributed by atoms with Gasteiger partial charge in [-0.15, -0.1) is 0 Å². The summed E-state index contributed by atoms with van der Waals surface area (Å²) in [5, 5.41) is 0. The predicted molar refractivity (Wildman–Crippen MR) is 121 cm³/mol. The minimum absolute atomic E-state index is 0. The van der Waals surface area contributed by atoms with E-state index in [0.29, 0.717) is 21.4 Å². The van der Waals surface area contributed by atoms with Gasteiger partial charge >= 0.3 is 0 Å². The van der Waals surface area contributed by atoms with E-state index in [1.807, 2.05) is 0 Å². The Kier molecular flexibility index (Phi) is 7.16. The number of hydrogen-bond donors (Lipinski definition) is 0. The molecule has 2 unspecified atom stereocenters. The number of rotatable bonds is 6. The van der Waals surface area contributed by atoms with Gasteiger partial charge in [0.25, 0.3) is 0 Å². The van der Waals surface area contributed by atoms with Crippen LogP contribution in [-0.2, 0) is 39.0 Å². The van der Waals surface area contributed by atoms with Crippen LogP contribution in [0.5, 0.6) is 0 Å². The zero-order valence-electron chi connectivity index (χ0n) is 17.7. The van der Waals surface area contributed by atoms with Crippen molar-refractivity contribution in [3.05, 3.63) is 80.9 Å². The topological polar surface area (TPSA) is 0 Å². The minimum Gasteiger partial charge on any atom is -0.0655 e. The van der Waals surface area contributed by atoms with E-state index in [2.05, 4.69) is 76.2 Å². The molecular formula is C26H31SiZr. The summed E-state index contributed by atoms with van der Waals surface area (Å²) >= 11 is 0. The van der Waals surface area contributed by atoms with Gasteiger partial charge in [0.2, 0.25) is 0 Å². The smallest absolute Gasteiger partial charge is 0.0299 e. The molecule has 4 rings (SSSR count). The third kappa shape index (κ3) is 3.88. The molecular weight excluding hydrogens is 432 g/mol.